The van der Waals surface area contributed by atoms with E-state index in [0.717, 1.165) is 17.5 Å². The van der Waals surface area contributed by atoms with Gasteiger partial charge >= 0.3 is 0 Å². The van der Waals surface area contributed by atoms with Crippen LogP contribution in [-0.4, -0.2) is 14.3 Å². The average Bonchev–Trinajstić information content (AvgIpc) is 2.73. The van der Waals surface area contributed by atoms with Gasteiger partial charge in [0.25, 0.3) is 5.91 Å². The largest absolute Gasteiger partial charge is 0.322 e. The molecule has 0 unspecified atom stereocenters. The summed E-state index contributed by atoms with van der Waals surface area (Å²) in [6.07, 6.45) is 0.865. The summed E-state index contributed by atoms with van der Waals surface area (Å²) in [5.74, 6) is -0.337. The van der Waals surface area contributed by atoms with Crippen LogP contribution in [0.25, 0.3) is 0 Å². The van der Waals surface area contributed by atoms with Gasteiger partial charge in [0, 0.05) is 17.8 Å². The number of hydrogen-bond acceptors (Lipinski definition) is 3. The van der Waals surface area contributed by atoms with E-state index < -0.39 is 10.0 Å². The molecule has 3 rings (SSSR count). The summed E-state index contributed by atoms with van der Waals surface area (Å²) in [4.78, 5) is 12.8. The number of amides is 1. The molecule has 6 heteroatoms. The fraction of sp³-hybridized carbons (Fsp3) is 0.174. The van der Waals surface area contributed by atoms with Gasteiger partial charge in [-0.3, -0.25) is 4.79 Å². The number of sulfonamides is 1. The predicted molar refractivity (Wildman–Crippen MR) is 115 cm³/mol. The Hall–Kier alpha value is -2.96. The molecule has 0 aliphatic carbocycles. The van der Waals surface area contributed by atoms with Crippen LogP contribution in [0, 0.1) is 6.92 Å². The van der Waals surface area contributed by atoms with Gasteiger partial charge in [-0.05, 0) is 54.3 Å². The molecule has 0 aromatic heterocycles. The summed E-state index contributed by atoms with van der Waals surface area (Å²) in [5.41, 5.74) is 3.69. The number of rotatable bonds is 7. The number of carbonyl (C=O) groups is 1. The van der Waals surface area contributed by atoms with E-state index in [1.54, 1.807) is 13.0 Å². The maximum Gasteiger partial charge on any atom is 0.255 e. The van der Waals surface area contributed by atoms with E-state index in [4.69, 9.17) is 0 Å². The number of aryl methyl sites for hydroxylation is 2. The fourth-order valence-electron chi connectivity index (χ4n) is 2.94. The highest BCUT2D eigenvalue weighted by Gasteiger charge is 2.18. The fourth-order valence-corrected chi connectivity index (χ4v) is 3.98. The average molecular weight is 409 g/mol. The Labute approximate surface area is 171 Å². The van der Waals surface area contributed by atoms with Crippen molar-refractivity contribution in [3.63, 3.8) is 0 Å². The molecule has 5 nitrogen and oxygen atoms in total. The lowest BCUT2D eigenvalue weighted by molar-refractivity contribution is 0.102. The highest BCUT2D eigenvalue weighted by atomic mass is 32.2. The van der Waals surface area contributed by atoms with Gasteiger partial charge in [0.05, 0.1) is 4.90 Å². The molecule has 0 fully saturated rings. The van der Waals surface area contributed by atoms with E-state index in [0.29, 0.717) is 16.8 Å². The molecule has 0 saturated carbocycles. The van der Waals surface area contributed by atoms with Crippen molar-refractivity contribution in [3.05, 3.63) is 95.1 Å². The molecule has 0 aliphatic rings. The molecule has 0 aliphatic heterocycles. The smallest absolute Gasteiger partial charge is 0.255 e. The Balaban J connectivity index is 1.80. The molecular formula is C23H24N2O3S. The van der Waals surface area contributed by atoms with Crippen LogP contribution in [0.1, 0.15) is 34.0 Å². The van der Waals surface area contributed by atoms with Crippen molar-refractivity contribution in [1.82, 2.24) is 4.72 Å². The first-order chi connectivity index (χ1) is 13.9. The molecule has 0 bridgehead atoms. The van der Waals surface area contributed by atoms with Crippen LogP contribution in [-0.2, 0) is 23.0 Å². The van der Waals surface area contributed by atoms with Crippen molar-refractivity contribution >= 4 is 21.6 Å². The minimum atomic E-state index is -3.74. The standard InChI is InChI=1S/C23H24N2O3S/c1-3-18-10-7-11-20(14-18)25-23(26)22-15-21(13-12-17(22)2)29(27,28)24-16-19-8-5-4-6-9-19/h4-15,24H,3,16H2,1-2H3,(H,25,26). The highest BCUT2D eigenvalue weighted by Crippen LogP contribution is 2.19. The van der Waals surface area contributed by atoms with Crippen LogP contribution in [0.15, 0.2) is 77.7 Å². The van der Waals surface area contributed by atoms with Gasteiger partial charge < -0.3 is 5.32 Å². The molecule has 3 aromatic rings. The van der Waals surface area contributed by atoms with Gasteiger partial charge in [0.1, 0.15) is 0 Å². The van der Waals surface area contributed by atoms with Crippen LogP contribution in [0.2, 0.25) is 0 Å². The van der Waals surface area contributed by atoms with Crippen LogP contribution < -0.4 is 10.0 Å². The molecule has 0 heterocycles. The second kappa shape index (κ2) is 9.03. The van der Waals surface area contributed by atoms with Gasteiger partial charge in [-0.2, -0.15) is 0 Å². The second-order valence-electron chi connectivity index (χ2n) is 6.79. The quantitative estimate of drug-likeness (QED) is 0.612. The summed E-state index contributed by atoms with van der Waals surface area (Å²) in [6.45, 7) is 4.01. The van der Waals surface area contributed by atoms with Gasteiger partial charge in [-0.1, -0.05) is 55.5 Å². The van der Waals surface area contributed by atoms with Crippen molar-refractivity contribution < 1.29 is 13.2 Å². The summed E-state index contributed by atoms with van der Waals surface area (Å²) in [7, 11) is -3.74. The predicted octanol–water partition coefficient (Wildman–Crippen LogP) is 4.29. The number of anilines is 1. The summed E-state index contributed by atoms with van der Waals surface area (Å²) >= 11 is 0. The zero-order valence-electron chi connectivity index (χ0n) is 16.5. The Morgan fingerprint density at radius 2 is 1.62 bits per heavy atom. The molecule has 1 amide bonds. The van der Waals surface area contributed by atoms with Gasteiger partial charge in [-0.15, -0.1) is 0 Å². The van der Waals surface area contributed by atoms with E-state index in [-0.39, 0.29) is 17.3 Å². The van der Waals surface area contributed by atoms with E-state index in [1.165, 1.54) is 12.1 Å². The van der Waals surface area contributed by atoms with Crippen molar-refractivity contribution in [2.24, 2.45) is 0 Å². The molecule has 0 saturated heterocycles. The molecule has 2 N–H and O–H groups in total. The zero-order valence-corrected chi connectivity index (χ0v) is 17.3. The summed E-state index contributed by atoms with van der Waals surface area (Å²) in [5, 5.41) is 2.86. The van der Waals surface area contributed by atoms with Crippen molar-refractivity contribution in [1.29, 1.82) is 0 Å². The van der Waals surface area contributed by atoms with Crippen molar-refractivity contribution in [3.8, 4) is 0 Å². The second-order valence-corrected chi connectivity index (χ2v) is 8.56. The SMILES string of the molecule is CCc1cccc(NC(=O)c2cc(S(=O)(=O)NCc3ccccc3)ccc2C)c1. The van der Waals surface area contributed by atoms with Crippen LogP contribution in [0.5, 0.6) is 0 Å². The molecule has 29 heavy (non-hydrogen) atoms. The molecule has 3 aromatic carbocycles. The Morgan fingerprint density at radius 3 is 2.34 bits per heavy atom. The Bertz CT molecular complexity index is 1110. The highest BCUT2D eigenvalue weighted by molar-refractivity contribution is 7.89. The van der Waals surface area contributed by atoms with Crippen molar-refractivity contribution in [2.75, 3.05) is 5.32 Å². The molecule has 150 valence electrons. The van der Waals surface area contributed by atoms with E-state index >= 15 is 0 Å². The molecule has 0 atom stereocenters. The Kier molecular flexibility index (Phi) is 6.46. The number of nitrogens with one attached hydrogen (secondary N) is 2. The number of benzene rings is 3. The first-order valence-corrected chi connectivity index (χ1v) is 10.9. The first kappa shape index (κ1) is 20.8. The lowest BCUT2D eigenvalue weighted by Gasteiger charge is -2.12. The van der Waals surface area contributed by atoms with E-state index in [9.17, 15) is 13.2 Å². The minimum Gasteiger partial charge on any atom is -0.322 e. The van der Waals surface area contributed by atoms with E-state index in [2.05, 4.69) is 10.0 Å². The molecular weight excluding hydrogens is 384 g/mol. The summed E-state index contributed by atoms with van der Waals surface area (Å²) < 4.78 is 28.0. The van der Waals surface area contributed by atoms with Crippen LogP contribution in [0.3, 0.4) is 0 Å². The normalized spacial score (nSPS) is 11.2. The van der Waals surface area contributed by atoms with Crippen LogP contribution >= 0.6 is 0 Å². The molecule has 0 radical (unpaired) electrons. The third-order valence-corrected chi connectivity index (χ3v) is 6.07. The van der Waals surface area contributed by atoms with Crippen LogP contribution in [0.4, 0.5) is 5.69 Å². The monoisotopic (exact) mass is 408 g/mol. The summed E-state index contributed by atoms with van der Waals surface area (Å²) in [6, 6.07) is 21.5. The third kappa shape index (κ3) is 5.31. The molecule has 0 spiro atoms. The Morgan fingerprint density at radius 1 is 0.897 bits per heavy atom. The topological polar surface area (TPSA) is 75.3 Å². The maximum atomic E-state index is 12.8. The zero-order chi connectivity index (χ0) is 20.9. The number of hydrogen-bond donors (Lipinski definition) is 2. The maximum absolute atomic E-state index is 12.8. The van der Waals surface area contributed by atoms with Crippen molar-refractivity contribution in [2.45, 2.75) is 31.7 Å². The van der Waals surface area contributed by atoms with Gasteiger partial charge in [0.2, 0.25) is 10.0 Å². The van der Waals surface area contributed by atoms with Gasteiger partial charge in [-0.25, -0.2) is 13.1 Å². The van der Waals surface area contributed by atoms with E-state index in [1.807, 2.05) is 61.5 Å². The number of carbonyl (C=O) groups excluding carboxylic acids is 1. The first-order valence-electron chi connectivity index (χ1n) is 9.43. The lowest BCUT2D eigenvalue weighted by atomic mass is 10.1. The minimum absolute atomic E-state index is 0.0616. The van der Waals surface area contributed by atoms with Gasteiger partial charge in [0.15, 0.2) is 0 Å². The third-order valence-electron chi connectivity index (χ3n) is 4.67. The lowest BCUT2D eigenvalue weighted by Crippen LogP contribution is -2.24.